The third-order valence-electron chi connectivity index (χ3n) is 2.72. The number of hydrogen-bond donors (Lipinski definition) is 0. The predicted molar refractivity (Wildman–Crippen MR) is 92.1 cm³/mol. The van der Waals surface area contributed by atoms with Crippen LogP contribution in [-0.4, -0.2) is 6.10 Å². The molecule has 1 atom stereocenters. The fourth-order valence-electron chi connectivity index (χ4n) is 1.90. The van der Waals surface area contributed by atoms with Gasteiger partial charge in [-0.15, -0.1) is 0 Å². The van der Waals surface area contributed by atoms with E-state index in [0.29, 0.717) is 0 Å². The van der Waals surface area contributed by atoms with Crippen LogP contribution >= 0.6 is 43.5 Å². The molecule has 0 fully saturated rings. The van der Waals surface area contributed by atoms with Gasteiger partial charge in [-0.3, -0.25) is 0 Å². The summed E-state index contributed by atoms with van der Waals surface area (Å²) in [7, 11) is 0. The van der Waals surface area contributed by atoms with Crippen molar-refractivity contribution >= 4 is 43.5 Å². The molecule has 0 heterocycles. The molecule has 1 nitrogen and oxygen atoms in total. The zero-order chi connectivity index (χ0) is 14.7. The third-order valence-corrected chi connectivity index (χ3v) is 4.46. The van der Waals surface area contributed by atoms with Crippen molar-refractivity contribution in [2.45, 2.75) is 24.8 Å². The normalized spacial score (nSPS) is 12.5. The van der Waals surface area contributed by atoms with Gasteiger partial charge in [0.05, 0.1) is 10.9 Å². The molecule has 0 aliphatic rings. The topological polar surface area (TPSA) is 9.23 Å². The van der Waals surface area contributed by atoms with Crippen molar-refractivity contribution in [1.29, 1.82) is 0 Å². The van der Waals surface area contributed by atoms with E-state index in [2.05, 4.69) is 50.1 Å². The van der Waals surface area contributed by atoms with Gasteiger partial charge < -0.3 is 4.74 Å². The van der Waals surface area contributed by atoms with Crippen molar-refractivity contribution < 1.29 is 4.74 Å². The fraction of sp³-hybridized carbons (Fsp3) is 0.250. The summed E-state index contributed by atoms with van der Waals surface area (Å²) in [5, 5.41) is 0.721. The molecule has 0 radical (unpaired) electrons. The summed E-state index contributed by atoms with van der Waals surface area (Å²) in [5.74, 6) is 0.885. The zero-order valence-corrected chi connectivity index (χ0v) is 15.2. The van der Waals surface area contributed by atoms with Crippen LogP contribution in [0.5, 0.6) is 5.75 Å². The Bertz CT molecular complexity index is 561. The number of benzene rings is 2. The highest BCUT2D eigenvalue weighted by molar-refractivity contribution is 9.10. The van der Waals surface area contributed by atoms with Gasteiger partial charge in [0.1, 0.15) is 5.75 Å². The smallest absolute Gasteiger partial charge is 0.119 e. The number of rotatable bonds is 4. The molecule has 2 rings (SSSR count). The van der Waals surface area contributed by atoms with E-state index in [1.807, 2.05) is 38.1 Å². The van der Waals surface area contributed by atoms with Gasteiger partial charge in [-0.2, -0.15) is 0 Å². The highest BCUT2D eigenvalue weighted by Gasteiger charge is 2.12. The molecule has 20 heavy (non-hydrogen) atoms. The lowest BCUT2D eigenvalue weighted by atomic mass is 10.0. The molecule has 0 saturated heterocycles. The van der Waals surface area contributed by atoms with Crippen molar-refractivity contribution in [2.24, 2.45) is 0 Å². The van der Waals surface area contributed by atoms with Gasteiger partial charge in [0.2, 0.25) is 0 Å². The lowest BCUT2D eigenvalue weighted by Crippen LogP contribution is -2.05. The summed E-state index contributed by atoms with van der Waals surface area (Å²) in [5.41, 5.74) is 2.28. The first-order chi connectivity index (χ1) is 9.45. The second-order valence-electron chi connectivity index (χ2n) is 4.80. The zero-order valence-electron chi connectivity index (χ0n) is 11.2. The number of hydrogen-bond acceptors (Lipinski definition) is 1. The van der Waals surface area contributed by atoms with E-state index in [1.165, 1.54) is 0 Å². The second-order valence-corrected chi connectivity index (χ2v) is 7.07. The largest absolute Gasteiger partial charge is 0.491 e. The van der Waals surface area contributed by atoms with E-state index < -0.39 is 0 Å². The summed E-state index contributed by atoms with van der Waals surface area (Å²) in [6.07, 6.45) is 0.185. The molecule has 0 amide bonds. The summed E-state index contributed by atoms with van der Waals surface area (Å²) in [6, 6.07) is 14.0. The van der Waals surface area contributed by atoms with Crippen LogP contribution in [0.1, 0.15) is 29.8 Å². The first kappa shape index (κ1) is 15.9. The van der Waals surface area contributed by atoms with E-state index in [9.17, 15) is 0 Å². The Morgan fingerprint density at radius 1 is 1.00 bits per heavy atom. The Kier molecular flexibility index (Phi) is 5.53. The summed E-state index contributed by atoms with van der Waals surface area (Å²) in [4.78, 5) is 0.102. The minimum Gasteiger partial charge on any atom is -0.491 e. The van der Waals surface area contributed by atoms with E-state index in [-0.39, 0.29) is 10.9 Å². The molecule has 0 spiro atoms. The first-order valence-corrected chi connectivity index (χ1v) is 8.41. The van der Waals surface area contributed by atoms with Gasteiger partial charge in [0, 0.05) is 9.50 Å². The number of alkyl halides is 1. The average Bonchev–Trinajstić information content (AvgIpc) is 2.37. The van der Waals surface area contributed by atoms with E-state index in [4.69, 9.17) is 16.3 Å². The fourth-order valence-corrected chi connectivity index (χ4v) is 3.36. The van der Waals surface area contributed by atoms with Crippen molar-refractivity contribution in [1.82, 2.24) is 0 Å². The van der Waals surface area contributed by atoms with E-state index >= 15 is 0 Å². The van der Waals surface area contributed by atoms with Crippen LogP contribution in [0.2, 0.25) is 5.02 Å². The Labute approximate surface area is 141 Å². The van der Waals surface area contributed by atoms with Crippen molar-refractivity contribution in [3.05, 3.63) is 63.1 Å². The molecular formula is C16H15Br2ClO. The van der Waals surface area contributed by atoms with Crippen molar-refractivity contribution in [3.8, 4) is 5.75 Å². The molecular weight excluding hydrogens is 403 g/mol. The standard InChI is InChI=1S/C16H15Br2ClO/c1-10(2)20-15-5-3-11(4-6-15)16(18)12-7-13(17)9-14(19)8-12/h3-10,16H,1-2H3. The summed E-state index contributed by atoms with van der Waals surface area (Å²) < 4.78 is 6.63. The van der Waals surface area contributed by atoms with Crippen molar-refractivity contribution in [3.63, 3.8) is 0 Å². The molecule has 0 aromatic heterocycles. The van der Waals surface area contributed by atoms with Crippen LogP contribution in [-0.2, 0) is 0 Å². The highest BCUT2D eigenvalue weighted by Crippen LogP contribution is 2.34. The SMILES string of the molecule is CC(C)Oc1ccc(C(Br)c2cc(Cl)cc(Br)c2)cc1. The molecule has 0 aliphatic heterocycles. The van der Waals surface area contributed by atoms with Crippen LogP contribution in [0.15, 0.2) is 46.9 Å². The minimum absolute atomic E-state index is 0.102. The van der Waals surface area contributed by atoms with Crippen LogP contribution in [0, 0.1) is 0 Å². The second kappa shape index (κ2) is 6.97. The number of halogens is 3. The lowest BCUT2D eigenvalue weighted by molar-refractivity contribution is 0.242. The minimum atomic E-state index is 0.102. The molecule has 0 aliphatic carbocycles. The molecule has 0 saturated carbocycles. The van der Waals surface area contributed by atoms with Crippen LogP contribution < -0.4 is 4.74 Å². The maximum absolute atomic E-state index is 6.09. The van der Waals surface area contributed by atoms with Gasteiger partial charge in [-0.1, -0.05) is 55.6 Å². The Morgan fingerprint density at radius 3 is 2.20 bits per heavy atom. The number of ether oxygens (including phenoxy) is 1. The van der Waals surface area contributed by atoms with Gasteiger partial charge in [-0.05, 0) is 55.3 Å². The van der Waals surface area contributed by atoms with Crippen molar-refractivity contribution in [2.75, 3.05) is 0 Å². The van der Waals surface area contributed by atoms with Crippen LogP contribution in [0.25, 0.3) is 0 Å². The monoisotopic (exact) mass is 416 g/mol. The maximum Gasteiger partial charge on any atom is 0.119 e. The molecule has 106 valence electrons. The average molecular weight is 419 g/mol. The molecule has 0 N–H and O–H groups in total. The lowest BCUT2D eigenvalue weighted by Gasteiger charge is -2.14. The highest BCUT2D eigenvalue weighted by atomic mass is 79.9. The predicted octanol–water partition coefficient (Wildman–Crippen LogP) is 6.37. The first-order valence-electron chi connectivity index (χ1n) is 6.32. The molecule has 0 bridgehead atoms. The summed E-state index contributed by atoms with van der Waals surface area (Å²) in [6.45, 7) is 4.04. The molecule has 4 heteroatoms. The molecule has 2 aromatic carbocycles. The van der Waals surface area contributed by atoms with E-state index in [1.54, 1.807) is 0 Å². The molecule has 2 aromatic rings. The molecule has 1 unspecified atom stereocenters. The summed E-state index contributed by atoms with van der Waals surface area (Å²) >= 11 is 13.3. The Hall–Kier alpha value is -0.510. The Balaban J connectivity index is 2.22. The van der Waals surface area contributed by atoms with Crippen LogP contribution in [0.4, 0.5) is 0 Å². The quantitative estimate of drug-likeness (QED) is 0.524. The van der Waals surface area contributed by atoms with Gasteiger partial charge in [0.15, 0.2) is 0 Å². The Morgan fingerprint density at radius 2 is 1.65 bits per heavy atom. The van der Waals surface area contributed by atoms with Crippen LogP contribution in [0.3, 0.4) is 0 Å². The van der Waals surface area contributed by atoms with E-state index in [0.717, 1.165) is 26.4 Å². The van der Waals surface area contributed by atoms with Gasteiger partial charge >= 0.3 is 0 Å². The van der Waals surface area contributed by atoms with Gasteiger partial charge in [0.25, 0.3) is 0 Å². The van der Waals surface area contributed by atoms with Gasteiger partial charge in [-0.25, -0.2) is 0 Å². The maximum atomic E-state index is 6.09. The third kappa shape index (κ3) is 4.24.